The van der Waals surface area contributed by atoms with Crippen molar-refractivity contribution in [2.45, 2.75) is 24.0 Å². The number of hydrogen-bond donors (Lipinski definition) is 1. The van der Waals surface area contributed by atoms with Crippen molar-refractivity contribution in [2.24, 2.45) is 0 Å². The van der Waals surface area contributed by atoms with Crippen molar-refractivity contribution >= 4 is 29.1 Å². The van der Waals surface area contributed by atoms with Gasteiger partial charge in [0.2, 0.25) is 0 Å². The van der Waals surface area contributed by atoms with Crippen molar-refractivity contribution in [3.8, 4) is 0 Å². The number of benzene rings is 1. The topological polar surface area (TPSA) is 58.6 Å². The first-order valence-electron chi connectivity index (χ1n) is 7.03. The Labute approximate surface area is 140 Å². The molecule has 1 fully saturated rings. The van der Waals surface area contributed by atoms with Gasteiger partial charge in [-0.1, -0.05) is 12.1 Å². The van der Waals surface area contributed by atoms with Crippen molar-refractivity contribution in [1.29, 1.82) is 0 Å². The number of nitrogens with zero attached hydrogens (tertiary/aromatic N) is 1. The predicted octanol–water partition coefficient (Wildman–Crippen LogP) is 1.35. The summed E-state index contributed by atoms with van der Waals surface area (Å²) < 4.78 is 16.9. The SMILES string of the molecule is CC(c1ccc(S(C)=O)cc1)N(C)C(=O)C1CNCCO1.Cl. The highest BCUT2D eigenvalue weighted by Gasteiger charge is 2.27. The van der Waals surface area contributed by atoms with E-state index in [2.05, 4.69) is 5.32 Å². The summed E-state index contributed by atoms with van der Waals surface area (Å²) in [7, 11) is 0.806. The molecule has 1 N–H and O–H groups in total. The van der Waals surface area contributed by atoms with E-state index in [1.165, 1.54) is 0 Å². The highest BCUT2D eigenvalue weighted by atomic mass is 35.5. The van der Waals surface area contributed by atoms with Gasteiger partial charge in [-0.3, -0.25) is 9.00 Å². The lowest BCUT2D eigenvalue weighted by atomic mass is 10.1. The maximum absolute atomic E-state index is 12.4. The van der Waals surface area contributed by atoms with Gasteiger partial charge in [0.25, 0.3) is 5.91 Å². The lowest BCUT2D eigenvalue weighted by molar-refractivity contribution is -0.145. The van der Waals surface area contributed by atoms with Crippen LogP contribution in [0.5, 0.6) is 0 Å². The van der Waals surface area contributed by atoms with Gasteiger partial charge in [0.05, 0.1) is 12.6 Å². The lowest BCUT2D eigenvalue weighted by Crippen LogP contribution is -2.48. The second-order valence-electron chi connectivity index (χ2n) is 5.21. The number of carbonyl (C=O) groups excluding carboxylic acids is 1. The van der Waals surface area contributed by atoms with Crippen LogP contribution in [0.4, 0.5) is 0 Å². The molecular formula is C15H23ClN2O3S. The van der Waals surface area contributed by atoms with E-state index < -0.39 is 16.9 Å². The highest BCUT2D eigenvalue weighted by Crippen LogP contribution is 2.21. The van der Waals surface area contributed by atoms with Gasteiger partial charge in [0.1, 0.15) is 6.10 Å². The van der Waals surface area contributed by atoms with Crippen LogP contribution in [0.25, 0.3) is 0 Å². The number of halogens is 1. The van der Waals surface area contributed by atoms with Crippen LogP contribution in [-0.2, 0) is 20.3 Å². The normalized spacial score (nSPS) is 20.6. The molecule has 124 valence electrons. The molecule has 1 amide bonds. The zero-order valence-corrected chi connectivity index (χ0v) is 14.7. The third-order valence-electron chi connectivity index (χ3n) is 3.83. The van der Waals surface area contributed by atoms with Crippen LogP contribution < -0.4 is 5.32 Å². The molecule has 0 aromatic heterocycles. The third-order valence-corrected chi connectivity index (χ3v) is 4.76. The fourth-order valence-electron chi connectivity index (χ4n) is 2.30. The number of rotatable bonds is 4. The first kappa shape index (κ1) is 19.1. The fraction of sp³-hybridized carbons (Fsp3) is 0.533. The number of morpholine rings is 1. The molecule has 1 saturated heterocycles. The zero-order chi connectivity index (χ0) is 15.4. The highest BCUT2D eigenvalue weighted by molar-refractivity contribution is 7.84. The summed E-state index contributed by atoms with van der Waals surface area (Å²) >= 11 is 0. The molecule has 2 rings (SSSR count). The van der Waals surface area contributed by atoms with Gasteiger partial charge < -0.3 is 15.0 Å². The van der Waals surface area contributed by atoms with Gasteiger partial charge in [0.15, 0.2) is 0 Å². The Morgan fingerprint density at radius 1 is 1.41 bits per heavy atom. The van der Waals surface area contributed by atoms with Gasteiger partial charge in [0, 0.05) is 42.1 Å². The molecule has 0 bridgehead atoms. The van der Waals surface area contributed by atoms with Crippen molar-refractivity contribution in [3.63, 3.8) is 0 Å². The first-order chi connectivity index (χ1) is 10.0. The lowest BCUT2D eigenvalue weighted by Gasteiger charge is -2.31. The van der Waals surface area contributed by atoms with E-state index in [4.69, 9.17) is 4.74 Å². The van der Waals surface area contributed by atoms with Gasteiger partial charge in [-0.15, -0.1) is 12.4 Å². The Bertz CT molecular complexity index is 518. The van der Waals surface area contributed by atoms with Crippen LogP contribution in [-0.4, -0.2) is 54.1 Å². The van der Waals surface area contributed by atoms with Crippen molar-refractivity contribution in [3.05, 3.63) is 29.8 Å². The van der Waals surface area contributed by atoms with Crippen LogP contribution in [0, 0.1) is 0 Å². The van der Waals surface area contributed by atoms with E-state index in [0.29, 0.717) is 13.2 Å². The maximum atomic E-state index is 12.4. The van der Waals surface area contributed by atoms with E-state index in [1.807, 2.05) is 31.2 Å². The van der Waals surface area contributed by atoms with Crippen LogP contribution in [0.2, 0.25) is 0 Å². The quantitative estimate of drug-likeness (QED) is 0.894. The number of likely N-dealkylation sites (N-methyl/N-ethyl adjacent to an activating group) is 1. The van der Waals surface area contributed by atoms with Crippen LogP contribution in [0.15, 0.2) is 29.2 Å². The van der Waals surface area contributed by atoms with Crippen molar-refractivity contribution in [2.75, 3.05) is 33.0 Å². The van der Waals surface area contributed by atoms with E-state index in [0.717, 1.165) is 17.0 Å². The number of carbonyl (C=O) groups is 1. The molecule has 1 aromatic rings. The minimum absolute atomic E-state index is 0. The second kappa shape index (κ2) is 8.62. The summed E-state index contributed by atoms with van der Waals surface area (Å²) in [5.41, 5.74) is 1.02. The predicted molar refractivity (Wildman–Crippen MR) is 89.8 cm³/mol. The minimum Gasteiger partial charge on any atom is -0.366 e. The van der Waals surface area contributed by atoms with Crippen LogP contribution in [0.3, 0.4) is 0 Å². The first-order valence-corrected chi connectivity index (χ1v) is 8.59. The van der Waals surface area contributed by atoms with Crippen LogP contribution >= 0.6 is 12.4 Å². The molecule has 1 aliphatic heterocycles. The molecule has 3 atom stereocenters. The number of hydrogen-bond acceptors (Lipinski definition) is 4. The standard InChI is InChI=1S/C15H22N2O3S.ClH/c1-11(12-4-6-13(7-5-12)21(3)19)17(2)15(18)14-10-16-8-9-20-14;/h4-7,11,14,16H,8-10H2,1-3H3;1H. The molecule has 0 spiro atoms. The molecule has 3 unspecified atom stereocenters. The van der Waals surface area contributed by atoms with Gasteiger partial charge in [-0.05, 0) is 24.6 Å². The van der Waals surface area contributed by atoms with Crippen LogP contribution in [0.1, 0.15) is 18.5 Å². The molecule has 0 radical (unpaired) electrons. The summed E-state index contributed by atoms with van der Waals surface area (Å²) in [6.07, 6.45) is 1.25. The second-order valence-corrected chi connectivity index (χ2v) is 6.59. The monoisotopic (exact) mass is 346 g/mol. The molecule has 1 aromatic carbocycles. The Morgan fingerprint density at radius 2 is 2.05 bits per heavy atom. The number of ether oxygens (including phenoxy) is 1. The minimum atomic E-state index is -0.983. The number of nitrogens with one attached hydrogen (secondary N) is 1. The molecule has 7 heteroatoms. The molecule has 5 nitrogen and oxygen atoms in total. The van der Waals surface area contributed by atoms with E-state index in [9.17, 15) is 9.00 Å². The smallest absolute Gasteiger partial charge is 0.253 e. The molecule has 1 aliphatic rings. The number of amides is 1. The average Bonchev–Trinajstić information content (AvgIpc) is 2.53. The Kier molecular flexibility index (Phi) is 7.48. The molecular weight excluding hydrogens is 324 g/mol. The Hall–Kier alpha value is -0.950. The summed E-state index contributed by atoms with van der Waals surface area (Å²) in [6, 6.07) is 7.48. The third kappa shape index (κ3) is 4.52. The zero-order valence-electron chi connectivity index (χ0n) is 13.1. The summed E-state index contributed by atoms with van der Waals surface area (Å²) in [4.78, 5) is 14.9. The average molecular weight is 347 g/mol. The molecule has 1 heterocycles. The molecule has 0 saturated carbocycles. The van der Waals surface area contributed by atoms with E-state index in [-0.39, 0.29) is 24.4 Å². The van der Waals surface area contributed by atoms with Crippen molar-refractivity contribution in [1.82, 2.24) is 10.2 Å². The van der Waals surface area contributed by atoms with E-state index >= 15 is 0 Å². The van der Waals surface area contributed by atoms with E-state index in [1.54, 1.807) is 18.2 Å². The fourth-order valence-corrected chi connectivity index (χ4v) is 2.82. The van der Waals surface area contributed by atoms with Gasteiger partial charge >= 0.3 is 0 Å². The molecule has 0 aliphatic carbocycles. The largest absolute Gasteiger partial charge is 0.366 e. The maximum Gasteiger partial charge on any atom is 0.253 e. The summed E-state index contributed by atoms with van der Waals surface area (Å²) in [5, 5.41) is 3.16. The summed E-state index contributed by atoms with van der Waals surface area (Å²) in [5.74, 6) is -0.0159. The van der Waals surface area contributed by atoms with Gasteiger partial charge in [-0.25, -0.2) is 0 Å². The van der Waals surface area contributed by atoms with Crippen molar-refractivity contribution < 1.29 is 13.7 Å². The Balaban J connectivity index is 0.00000242. The summed E-state index contributed by atoms with van der Waals surface area (Å²) in [6.45, 7) is 3.89. The Morgan fingerprint density at radius 3 is 2.55 bits per heavy atom. The molecule has 22 heavy (non-hydrogen) atoms. The van der Waals surface area contributed by atoms with Gasteiger partial charge in [-0.2, -0.15) is 0 Å².